The number of aromatic nitrogens is 7. The van der Waals surface area contributed by atoms with E-state index in [1.165, 1.54) is 31.6 Å². The van der Waals surface area contributed by atoms with Gasteiger partial charge in [0.15, 0.2) is 11.5 Å². The van der Waals surface area contributed by atoms with E-state index in [0.29, 0.717) is 4.68 Å². The van der Waals surface area contributed by atoms with Crippen molar-refractivity contribution in [1.29, 1.82) is 0 Å². The standard InChI is InChI=1S/C18H11ClF4N8O/c1-9-4-14(20)24-8-13(9)30-15(18(21,22)23)11(7-28-30)17(32)29-10-5-12(19)16(25-6-10)31-26-2-3-27-31/h2-8H,1H3,(H,29,32). The average molecular weight is 467 g/mol. The van der Waals surface area contributed by atoms with Crippen molar-refractivity contribution in [2.24, 2.45) is 0 Å². The van der Waals surface area contributed by atoms with E-state index in [0.717, 1.165) is 23.3 Å². The van der Waals surface area contributed by atoms with Gasteiger partial charge >= 0.3 is 6.18 Å². The second-order valence-electron chi connectivity index (χ2n) is 6.41. The summed E-state index contributed by atoms with van der Waals surface area (Å²) >= 11 is 6.12. The molecule has 0 bridgehead atoms. The Labute approximate surface area is 181 Å². The Kier molecular flexibility index (Phi) is 5.34. The Morgan fingerprint density at radius 2 is 1.78 bits per heavy atom. The summed E-state index contributed by atoms with van der Waals surface area (Å²) in [5.74, 6) is -1.79. The van der Waals surface area contributed by atoms with Gasteiger partial charge in [-0.3, -0.25) is 4.79 Å². The molecule has 1 amide bonds. The van der Waals surface area contributed by atoms with Gasteiger partial charge in [-0.1, -0.05) is 11.6 Å². The summed E-state index contributed by atoms with van der Waals surface area (Å²) in [5, 5.41) is 13.8. The minimum atomic E-state index is -4.95. The molecule has 0 aliphatic heterocycles. The van der Waals surface area contributed by atoms with Crippen LogP contribution in [0.1, 0.15) is 21.6 Å². The number of nitrogens with zero attached hydrogens (tertiary/aromatic N) is 7. The van der Waals surface area contributed by atoms with Crippen LogP contribution in [-0.2, 0) is 6.18 Å². The van der Waals surface area contributed by atoms with Crippen molar-refractivity contribution in [1.82, 2.24) is 34.7 Å². The van der Waals surface area contributed by atoms with E-state index in [1.54, 1.807) is 0 Å². The first-order chi connectivity index (χ1) is 15.1. The molecule has 0 atom stereocenters. The largest absolute Gasteiger partial charge is 0.434 e. The van der Waals surface area contributed by atoms with Crippen molar-refractivity contribution < 1.29 is 22.4 Å². The fourth-order valence-electron chi connectivity index (χ4n) is 2.88. The van der Waals surface area contributed by atoms with Crippen molar-refractivity contribution in [2.75, 3.05) is 5.32 Å². The summed E-state index contributed by atoms with van der Waals surface area (Å²) < 4.78 is 55.2. The molecular weight excluding hydrogens is 456 g/mol. The van der Waals surface area contributed by atoms with Crippen molar-refractivity contribution in [3.05, 3.63) is 70.9 Å². The first-order valence-corrected chi connectivity index (χ1v) is 9.14. The summed E-state index contributed by atoms with van der Waals surface area (Å²) in [6.07, 6.45) is 0.715. The second-order valence-corrected chi connectivity index (χ2v) is 6.82. The third kappa shape index (κ3) is 4.01. The lowest BCUT2D eigenvalue weighted by Crippen LogP contribution is -2.21. The third-order valence-electron chi connectivity index (χ3n) is 4.25. The number of hydrogen-bond donors (Lipinski definition) is 1. The normalized spacial score (nSPS) is 11.6. The van der Waals surface area contributed by atoms with Gasteiger partial charge in [0.1, 0.15) is 0 Å². The Morgan fingerprint density at radius 1 is 1.06 bits per heavy atom. The molecule has 0 radical (unpaired) electrons. The van der Waals surface area contributed by atoms with Crippen molar-refractivity contribution >= 4 is 23.2 Å². The molecule has 0 aliphatic carbocycles. The second kappa shape index (κ2) is 8.00. The molecule has 0 spiro atoms. The van der Waals surface area contributed by atoms with Crippen LogP contribution in [0, 0.1) is 12.9 Å². The minimum absolute atomic E-state index is 0.0383. The number of carbonyl (C=O) groups excluding carboxylic acids is 1. The summed E-state index contributed by atoms with van der Waals surface area (Å²) in [5.41, 5.74) is -2.04. The predicted molar refractivity (Wildman–Crippen MR) is 103 cm³/mol. The topological polar surface area (TPSA) is 103 Å². The lowest BCUT2D eigenvalue weighted by Gasteiger charge is -2.14. The number of pyridine rings is 2. The number of anilines is 1. The van der Waals surface area contributed by atoms with Gasteiger partial charge in [-0.2, -0.15) is 32.9 Å². The van der Waals surface area contributed by atoms with Crippen LogP contribution < -0.4 is 5.32 Å². The van der Waals surface area contributed by atoms with Crippen LogP contribution in [0.5, 0.6) is 0 Å². The zero-order valence-corrected chi connectivity index (χ0v) is 16.7. The Bertz CT molecular complexity index is 1300. The first-order valence-electron chi connectivity index (χ1n) is 8.76. The van der Waals surface area contributed by atoms with E-state index >= 15 is 0 Å². The highest BCUT2D eigenvalue weighted by Gasteiger charge is 2.41. The van der Waals surface area contributed by atoms with Crippen LogP contribution in [0.15, 0.2) is 43.1 Å². The van der Waals surface area contributed by atoms with Crippen LogP contribution in [0.4, 0.5) is 23.2 Å². The Hall–Kier alpha value is -3.87. The van der Waals surface area contributed by atoms with Gasteiger partial charge in [0, 0.05) is 0 Å². The maximum absolute atomic E-state index is 13.8. The van der Waals surface area contributed by atoms with Gasteiger partial charge in [0.25, 0.3) is 5.91 Å². The van der Waals surface area contributed by atoms with Gasteiger partial charge in [-0.05, 0) is 24.6 Å². The number of carbonyl (C=O) groups is 1. The quantitative estimate of drug-likeness (QED) is 0.364. The molecule has 4 aromatic heterocycles. The molecule has 1 N–H and O–H groups in total. The van der Waals surface area contributed by atoms with E-state index in [9.17, 15) is 22.4 Å². The fraction of sp³-hybridized carbons (Fsp3) is 0.111. The van der Waals surface area contributed by atoms with Gasteiger partial charge in [-0.25, -0.2) is 14.6 Å². The molecule has 14 heteroatoms. The molecular formula is C18H11ClF4N8O. The molecule has 0 unspecified atom stereocenters. The fourth-order valence-corrected chi connectivity index (χ4v) is 3.12. The molecule has 0 saturated carbocycles. The maximum atomic E-state index is 13.8. The van der Waals surface area contributed by atoms with E-state index in [4.69, 9.17) is 11.6 Å². The van der Waals surface area contributed by atoms with Crippen molar-refractivity contribution in [3.8, 4) is 11.5 Å². The van der Waals surface area contributed by atoms with E-state index < -0.39 is 29.3 Å². The first kappa shape index (κ1) is 21.4. The van der Waals surface area contributed by atoms with Crippen LogP contribution in [0.25, 0.3) is 11.5 Å². The lowest BCUT2D eigenvalue weighted by molar-refractivity contribution is -0.143. The number of rotatable bonds is 4. The van der Waals surface area contributed by atoms with E-state index in [-0.39, 0.29) is 27.8 Å². The summed E-state index contributed by atoms with van der Waals surface area (Å²) in [6, 6.07) is 2.25. The molecule has 4 rings (SSSR count). The number of halogens is 5. The Morgan fingerprint density at radius 3 is 2.41 bits per heavy atom. The monoisotopic (exact) mass is 466 g/mol. The van der Waals surface area contributed by atoms with Gasteiger partial charge in [0.05, 0.1) is 52.9 Å². The number of amides is 1. The molecule has 0 fully saturated rings. The van der Waals surface area contributed by atoms with Crippen LogP contribution >= 0.6 is 11.6 Å². The zero-order chi connectivity index (χ0) is 23.0. The maximum Gasteiger partial charge on any atom is 0.434 e. The lowest BCUT2D eigenvalue weighted by atomic mass is 10.2. The molecule has 0 aromatic carbocycles. The van der Waals surface area contributed by atoms with E-state index in [1.807, 2.05) is 0 Å². The van der Waals surface area contributed by atoms with E-state index in [2.05, 4.69) is 30.6 Å². The average Bonchev–Trinajstić information content (AvgIpc) is 3.38. The molecule has 4 heterocycles. The molecule has 4 aromatic rings. The summed E-state index contributed by atoms with van der Waals surface area (Å²) in [6.45, 7) is 1.39. The molecule has 164 valence electrons. The number of hydrogen-bond acceptors (Lipinski definition) is 6. The number of nitrogens with one attached hydrogen (secondary N) is 1. The SMILES string of the molecule is Cc1cc(F)ncc1-n1ncc(C(=O)Nc2cnc(-n3nccn3)c(Cl)c2)c1C(F)(F)F. The molecule has 32 heavy (non-hydrogen) atoms. The van der Waals surface area contributed by atoms with Crippen molar-refractivity contribution in [2.45, 2.75) is 13.1 Å². The Balaban J connectivity index is 1.69. The molecule has 0 aliphatic rings. The van der Waals surface area contributed by atoms with Gasteiger partial charge < -0.3 is 5.32 Å². The minimum Gasteiger partial charge on any atom is -0.320 e. The highest BCUT2D eigenvalue weighted by Crippen LogP contribution is 2.34. The zero-order valence-electron chi connectivity index (χ0n) is 16.0. The number of alkyl halides is 3. The van der Waals surface area contributed by atoms with Crippen LogP contribution in [-0.4, -0.2) is 40.6 Å². The van der Waals surface area contributed by atoms with Gasteiger partial charge in [-0.15, -0.1) is 4.80 Å². The van der Waals surface area contributed by atoms with Crippen molar-refractivity contribution in [3.63, 3.8) is 0 Å². The smallest absolute Gasteiger partial charge is 0.320 e. The highest BCUT2D eigenvalue weighted by molar-refractivity contribution is 6.32. The number of aryl methyl sites for hydroxylation is 1. The van der Waals surface area contributed by atoms with Crippen LogP contribution in [0.2, 0.25) is 5.02 Å². The highest BCUT2D eigenvalue weighted by atomic mass is 35.5. The predicted octanol–water partition coefficient (Wildman–Crippen LogP) is 3.62. The molecule has 0 saturated heterocycles. The summed E-state index contributed by atoms with van der Waals surface area (Å²) in [7, 11) is 0. The molecule has 9 nitrogen and oxygen atoms in total. The van der Waals surface area contributed by atoms with Gasteiger partial charge in [0.2, 0.25) is 5.95 Å². The summed E-state index contributed by atoms with van der Waals surface area (Å²) in [4.78, 5) is 21.2. The van der Waals surface area contributed by atoms with Crippen LogP contribution in [0.3, 0.4) is 0 Å². The third-order valence-corrected chi connectivity index (χ3v) is 4.53.